The van der Waals surface area contributed by atoms with Crippen LogP contribution in [0.25, 0.3) is 0 Å². The molecule has 1 aromatic carbocycles. The van der Waals surface area contributed by atoms with E-state index in [1.807, 2.05) is 0 Å². The van der Waals surface area contributed by atoms with Crippen LogP contribution in [-0.4, -0.2) is 5.78 Å². The average Bonchev–Trinajstić information content (AvgIpc) is 2.58. The molecule has 0 heterocycles. The lowest BCUT2D eigenvalue weighted by Crippen LogP contribution is -2.03. The summed E-state index contributed by atoms with van der Waals surface area (Å²) in [6.07, 6.45) is 3.78. The second kappa shape index (κ2) is 4.18. The first-order valence-corrected chi connectivity index (χ1v) is 5.73. The number of benzene rings is 1. The molecular formula is C14H18O. The van der Waals surface area contributed by atoms with E-state index in [0.29, 0.717) is 11.7 Å². The van der Waals surface area contributed by atoms with E-state index in [1.165, 1.54) is 16.7 Å². The molecule has 1 aliphatic rings. The Morgan fingerprint density at radius 2 is 1.93 bits per heavy atom. The van der Waals surface area contributed by atoms with Crippen LogP contribution in [0.4, 0.5) is 0 Å². The molecule has 0 radical (unpaired) electrons. The van der Waals surface area contributed by atoms with E-state index in [9.17, 15) is 4.79 Å². The van der Waals surface area contributed by atoms with Gasteiger partial charge in [0.1, 0.15) is 5.78 Å². The quantitative estimate of drug-likeness (QED) is 0.719. The summed E-state index contributed by atoms with van der Waals surface area (Å²) in [5.41, 5.74) is 4.20. The van der Waals surface area contributed by atoms with Gasteiger partial charge in [0.05, 0.1) is 0 Å². The van der Waals surface area contributed by atoms with E-state index in [4.69, 9.17) is 0 Å². The zero-order chi connectivity index (χ0) is 10.8. The topological polar surface area (TPSA) is 17.1 Å². The fraction of sp³-hybridized carbons (Fsp3) is 0.500. The normalized spacial score (nSPS) is 20.9. The van der Waals surface area contributed by atoms with Gasteiger partial charge in [-0.2, -0.15) is 0 Å². The molecule has 15 heavy (non-hydrogen) atoms. The van der Waals surface area contributed by atoms with Crippen molar-refractivity contribution in [1.29, 1.82) is 0 Å². The first-order chi connectivity index (χ1) is 7.16. The smallest absolute Gasteiger partial charge is 0.133 e. The molecule has 0 aliphatic heterocycles. The lowest BCUT2D eigenvalue weighted by Gasteiger charge is -2.13. The number of rotatable bonds is 2. The van der Waals surface area contributed by atoms with Crippen LogP contribution < -0.4 is 0 Å². The predicted molar refractivity (Wildman–Crippen MR) is 62.0 cm³/mol. The molecule has 1 aromatic rings. The molecular weight excluding hydrogens is 184 g/mol. The van der Waals surface area contributed by atoms with E-state index in [1.54, 1.807) is 0 Å². The number of carbonyl (C=O) groups is 1. The summed E-state index contributed by atoms with van der Waals surface area (Å²) in [5.74, 6) is 1.04. The van der Waals surface area contributed by atoms with Crippen molar-refractivity contribution in [3.05, 3.63) is 34.9 Å². The van der Waals surface area contributed by atoms with Crippen molar-refractivity contribution in [3.8, 4) is 0 Å². The molecule has 1 fully saturated rings. The number of Topliss-reactive ketones (excluding diaryl/α,β-unsaturated/α-hetero) is 1. The largest absolute Gasteiger partial charge is 0.300 e. The zero-order valence-electron chi connectivity index (χ0n) is 9.55. The Kier molecular flexibility index (Phi) is 2.90. The maximum absolute atomic E-state index is 11.2. The Hall–Kier alpha value is -1.11. The van der Waals surface area contributed by atoms with Gasteiger partial charge in [-0.05, 0) is 49.3 Å². The summed E-state index contributed by atoms with van der Waals surface area (Å²) >= 11 is 0. The SMILES string of the molecule is Cc1cccc(C)c1CC1CCC(=O)C1. The maximum Gasteiger partial charge on any atom is 0.133 e. The number of carbonyl (C=O) groups excluding carboxylic acids is 1. The first kappa shape index (κ1) is 10.4. The number of aryl methyl sites for hydroxylation is 2. The summed E-state index contributed by atoms with van der Waals surface area (Å²) in [4.78, 5) is 11.2. The molecule has 0 N–H and O–H groups in total. The molecule has 0 aromatic heterocycles. The van der Waals surface area contributed by atoms with Gasteiger partial charge in [0.2, 0.25) is 0 Å². The zero-order valence-corrected chi connectivity index (χ0v) is 9.55. The third-order valence-electron chi connectivity index (χ3n) is 3.49. The fourth-order valence-corrected chi connectivity index (χ4v) is 2.53. The summed E-state index contributed by atoms with van der Waals surface area (Å²) in [6.45, 7) is 4.33. The van der Waals surface area contributed by atoms with Gasteiger partial charge in [0.15, 0.2) is 0 Å². The Morgan fingerprint density at radius 1 is 1.27 bits per heavy atom. The molecule has 0 amide bonds. The Morgan fingerprint density at radius 3 is 2.47 bits per heavy atom. The number of ketones is 1. The fourth-order valence-electron chi connectivity index (χ4n) is 2.53. The van der Waals surface area contributed by atoms with E-state index >= 15 is 0 Å². The van der Waals surface area contributed by atoms with Crippen molar-refractivity contribution in [2.24, 2.45) is 5.92 Å². The standard InChI is InChI=1S/C14H18O/c1-10-4-3-5-11(2)14(10)9-12-6-7-13(15)8-12/h3-5,12H,6-9H2,1-2H3. The molecule has 80 valence electrons. The maximum atomic E-state index is 11.2. The highest BCUT2D eigenvalue weighted by atomic mass is 16.1. The minimum Gasteiger partial charge on any atom is -0.300 e. The molecule has 0 bridgehead atoms. The van der Waals surface area contributed by atoms with Crippen molar-refractivity contribution >= 4 is 5.78 Å². The molecule has 1 heteroatoms. The van der Waals surface area contributed by atoms with Crippen LogP contribution in [0.5, 0.6) is 0 Å². The van der Waals surface area contributed by atoms with Crippen molar-refractivity contribution in [1.82, 2.24) is 0 Å². The van der Waals surface area contributed by atoms with E-state index in [0.717, 1.165) is 25.7 Å². The monoisotopic (exact) mass is 202 g/mol. The van der Waals surface area contributed by atoms with Crippen LogP contribution in [0.3, 0.4) is 0 Å². The van der Waals surface area contributed by atoms with E-state index < -0.39 is 0 Å². The number of hydrogen-bond donors (Lipinski definition) is 0. The van der Waals surface area contributed by atoms with Gasteiger partial charge in [0.25, 0.3) is 0 Å². The molecule has 1 nitrogen and oxygen atoms in total. The van der Waals surface area contributed by atoms with E-state index in [-0.39, 0.29) is 0 Å². The van der Waals surface area contributed by atoms with Crippen molar-refractivity contribution in [2.45, 2.75) is 39.5 Å². The molecule has 1 atom stereocenters. The third kappa shape index (κ3) is 2.28. The Balaban J connectivity index is 2.13. The molecule has 0 spiro atoms. The predicted octanol–water partition coefficient (Wildman–Crippen LogP) is 3.22. The van der Waals surface area contributed by atoms with Crippen molar-refractivity contribution < 1.29 is 4.79 Å². The highest BCUT2D eigenvalue weighted by Crippen LogP contribution is 2.28. The van der Waals surface area contributed by atoms with Gasteiger partial charge in [0, 0.05) is 12.8 Å². The second-order valence-electron chi connectivity index (χ2n) is 4.72. The highest BCUT2D eigenvalue weighted by Gasteiger charge is 2.22. The van der Waals surface area contributed by atoms with Crippen LogP contribution in [0.15, 0.2) is 18.2 Å². The lowest BCUT2D eigenvalue weighted by atomic mass is 9.92. The van der Waals surface area contributed by atoms with Crippen LogP contribution >= 0.6 is 0 Å². The molecule has 1 saturated carbocycles. The highest BCUT2D eigenvalue weighted by molar-refractivity contribution is 5.80. The van der Waals surface area contributed by atoms with Crippen LogP contribution in [0.2, 0.25) is 0 Å². The molecule has 1 aliphatic carbocycles. The van der Waals surface area contributed by atoms with Crippen LogP contribution in [0, 0.1) is 19.8 Å². The Bertz CT molecular complexity index is 359. The van der Waals surface area contributed by atoms with E-state index in [2.05, 4.69) is 32.0 Å². The summed E-state index contributed by atoms with van der Waals surface area (Å²) < 4.78 is 0. The molecule has 1 unspecified atom stereocenters. The molecule has 0 saturated heterocycles. The second-order valence-corrected chi connectivity index (χ2v) is 4.72. The average molecular weight is 202 g/mol. The Labute approximate surface area is 91.5 Å². The van der Waals surface area contributed by atoms with Crippen molar-refractivity contribution in [2.75, 3.05) is 0 Å². The van der Waals surface area contributed by atoms with Crippen LogP contribution in [-0.2, 0) is 11.2 Å². The number of hydrogen-bond acceptors (Lipinski definition) is 1. The molecule has 2 rings (SSSR count). The minimum absolute atomic E-state index is 0.450. The van der Waals surface area contributed by atoms with Crippen molar-refractivity contribution in [3.63, 3.8) is 0 Å². The van der Waals surface area contributed by atoms with Gasteiger partial charge in [-0.15, -0.1) is 0 Å². The van der Waals surface area contributed by atoms with Gasteiger partial charge in [-0.1, -0.05) is 18.2 Å². The lowest BCUT2D eigenvalue weighted by molar-refractivity contribution is -0.117. The summed E-state index contributed by atoms with van der Waals surface area (Å²) in [6, 6.07) is 6.44. The van der Waals surface area contributed by atoms with Gasteiger partial charge < -0.3 is 0 Å². The first-order valence-electron chi connectivity index (χ1n) is 5.73. The summed E-state index contributed by atoms with van der Waals surface area (Å²) in [5, 5.41) is 0. The van der Waals surface area contributed by atoms with Gasteiger partial charge in [-0.25, -0.2) is 0 Å². The summed E-state index contributed by atoms with van der Waals surface area (Å²) in [7, 11) is 0. The van der Waals surface area contributed by atoms with Gasteiger partial charge >= 0.3 is 0 Å². The van der Waals surface area contributed by atoms with Gasteiger partial charge in [-0.3, -0.25) is 4.79 Å². The minimum atomic E-state index is 0.450. The third-order valence-corrected chi connectivity index (χ3v) is 3.49. The van der Waals surface area contributed by atoms with Crippen LogP contribution in [0.1, 0.15) is 36.0 Å².